The van der Waals surface area contributed by atoms with Gasteiger partial charge in [-0.15, -0.1) is 0 Å². The molecule has 1 aromatic heterocycles. The number of fused-ring (bicyclic) bond motifs is 1. The van der Waals surface area contributed by atoms with E-state index < -0.39 is 0 Å². The molecule has 1 aliphatic carbocycles. The van der Waals surface area contributed by atoms with Crippen molar-refractivity contribution in [2.24, 2.45) is 0 Å². The van der Waals surface area contributed by atoms with Gasteiger partial charge in [0.2, 0.25) is 0 Å². The van der Waals surface area contributed by atoms with E-state index in [-0.39, 0.29) is 0 Å². The Bertz CT molecular complexity index is 441. The third-order valence-electron chi connectivity index (χ3n) is 4.10. The largest absolute Gasteiger partial charge is 0.376 e. The summed E-state index contributed by atoms with van der Waals surface area (Å²) in [6.45, 7) is 4.59. The van der Waals surface area contributed by atoms with Gasteiger partial charge in [0.15, 0.2) is 0 Å². The average Bonchev–Trinajstić information content (AvgIpc) is 2.98. The Kier molecular flexibility index (Phi) is 3.97. The fourth-order valence-electron chi connectivity index (χ4n) is 3.01. The highest BCUT2D eigenvalue weighted by Crippen LogP contribution is 2.34. The van der Waals surface area contributed by atoms with Crippen molar-refractivity contribution < 1.29 is 4.74 Å². The van der Waals surface area contributed by atoms with Crippen LogP contribution in [0, 0.1) is 0 Å². The van der Waals surface area contributed by atoms with E-state index in [4.69, 9.17) is 14.7 Å². The van der Waals surface area contributed by atoms with Crippen LogP contribution < -0.4 is 5.32 Å². The van der Waals surface area contributed by atoms with Gasteiger partial charge in [0, 0.05) is 24.4 Å². The first kappa shape index (κ1) is 12.9. The van der Waals surface area contributed by atoms with Crippen molar-refractivity contribution in [2.45, 2.75) is 58.0 Å². The summed E-state index contributed by atoms with van der Waals surface area (Å²) in [5.74, 6) is 2.67. The zero-order valence-electron chi connectivity index (χ0n) is 11.7. The van der Waals surface area contributed by atoms with Crippen LogP contribution in [0.3, 0.4) is 0 Å². The highest BCUT2D eigenvalue weighted by atomic mass is 16.5. The fraction of sp³-hybridized carbons (Fsp3) is 0.733. The summed E-state index contributed by atoms with van der Waals surface area (Å²) in [7, 11) is 0. The topological polar surface area (TPSA) is 47.0 Å². The van der Waals surface area contributed by atoms with Crippen LogP contribution in [0.15, 0.2) is 0 Å². The SMILES string of the molecule is CCCNc1nc(C2CCCC2)nc2c1COCC2. The Morgan fingerprint density at radius 3 is 2.89 bits per heavy atom. The van der Waals surface area contributed by atoms with E-state index in [1.54, 1.807) is 0 Å². The monoisotopic (exact) mass is 261 g/mol. The minimum Gasteiger partial charge on any atom is -0.376 e. The smallest absolute Gasteiger partial charge is 0.135 e. The molecule has 1 saturated carbocycles. The number of rotatable bonds is 4. The molecule has 0 spiro atoms. The van der Waals surface area contributed by atoms with Gasteiger partial charge in [-0.05, 0) is 19.3 Å². The van der Waals surface area contributed by atoms with Crippen molar-refractivity contribution in [3.63, 3.8) is 0 Å². The summed E-state index contributed by atoms with van der Waals surface area (Å²) in [4.78, 5) is 9.64. The van der Waals surface area contributed by atoms with Crippen LogP contribution in [-0.2, 0) is 17.8 Å². The Balaban J connectivity index is 1.92. The lowest BCUT2D eigenvalue weighted by atomic mass is 10.1. The molecular weight excluding hydrogens is 238 g/mol. The Morgan fingerprint density at radius 2 is 2.11 bits per heavy atom. The minimum absolute atomic E-state index is 0.579. The molecule has 2 aliphatic rings. The Labute approximate surface area is 115 Å². The standard InChI is InChI=1S/C15H23N3O/c1-2-8-16-15-12-10-19-9-7-13(12)17-14(18-15)11-5-3-4-6-11/h11H,2-10H2,1H3,(H,16,17,18). The first-order valence-electron chi connectivity index (χ1n) is 7.59. The van der Waals surface area contributed by atoms with Gasteiger partial charge >= 0.3 is 0 Å². The Hall–Kier alpha value is -1.16. The quantitative estimate of drug-likeness (QED) is 0.905. The molecule has 104 valence electrons. The van der Waals surface area contributed by atoms with Crippen LogP contribution in [0.1, 0.15) is 62.0 Å². The van der Waals surface area contributed by atoms with Crippen molar-refractivity contribution in [1.29, 1.82) is 0 Å². The fourth-order valence-corrected chi connectivity index (χ4v) is 3.01. The molecule has 0 saturated heterocycles. The molecule has 4 nitrogen and oxygen atoms in total. The number of ether oxygens (including phenoxy) is 1. The van der Waals surface area contributed by atoms with Crippen LogP contribution in [0.4, 0.5) is 5.82 Å². The first-order valence-corrected chi connectivity index (χ1v) is 7.59. The van der Waals surface area contributed by atoms with Crippen molar-refractivity contribution >= 4 is 5.82 Å². The molecular formula is C15H23N3O. The van der Waals surface area contributed by atoms with Crippen LogP contribution in [0.2, 0.25) is 0 Å². The van der Waals surface area contributed by atoms with Gasteiger partial charge in [0.05, 0.1) is 18.9 Å². The number of aromatic nitrogens is 2. The van der Waals surface area contributed by atoms with E-state index in [1.807, 2.05) is 0 Å². The summed E-state index contributed by atoms with van der Waals surface area (Å²) >= 11 is 0. The molecule has 3 rings (SSSR count). The van der Waals surface area contributed by atoms with Gasteiger partial charge in [-0.1, -0.05) is 19.8 Å². The van der Waals surface area contributed by atoms with Gasteiger partial charge in [-0.3, -0.25) is 0 Å². The van der Waals surface area contributed by atoms with E-state index >= 15 is 0 Å². The Morgan fingerprint density at radius 1 is 1.26 bits per heavy atom. The molecule has 1 aromatic rings. The molecule has 1 fully saturated rings. The van der Waals surface area contributed by atoms with E-state index in [0.717, 1.165) is 37.6 Å². The molecule has 0 amide bonds. The number of hydrogen-bond donors (Lipinski definition) is 1. The zero-order valence-corrected chi connectivity index (χ0v) is 11.7. The number of hydrogen-bond acceptors (Lipinski definition) is 4. The molecule has 0 atom stereocenters. The van der Waals surface area contributed by atoms with Gasteiger partial charge in [0.1, 0.15) is 11.6 Å². The average molecular weight is 261 g/mol. The van der Waals surface area contributed by atoms with Crippen LogP contribution >= 0.6 is 0 Å². The highest BCUT2D eigenvalue weighted by Gasteiger charge is 2.24. The summed E-state index contributed by atoms with van der Waals surface area (Å²) in [6.07, 6.45) is 7.19. The molecule has 0 unspecified atom stereocenters. The van der Waals surface area contributed by atoms with Crippen LogP contribution in [-0.4, -0.2) is 23.1 Å². The molecule has 1 N–H and O–H groups in total. The maximum absolute atomic E-state index is 5.56. The summed E-state index contributed by atoms with van der Waals surface area (Å²) < 4.78 is 5.56. The second-order valence-corrected chi connectivity index (χ2v) is 5.57. The summed E-state index contributed by atoms with van der Waals surface area (Å²) in [5, 5.41) is 3.46. The van der Waals surface area contributed by atoms with Gasteiger partial charge in [0.25, 0.3) is 0 Å². The normalized spacial score (nSPS) is 19.4. The number of anilines is 1. The van der Waals surface area contributed by atoms with E-state index in [2.05, 4.69) is 12.2 Å². The predicted molar refractivity (Wildman–Crippen MR) is 75.4 cm³/mol. The van der Waals surface area contributed by atoms with Crippen molar-refractivity contribution in [3.05, 3.63) is 17.1 Å². The van der Waals surface area contributed by atoms with E-state index in [9.17, 15) is 0 Å². The third-order valence-corrected chi connectivity index (χ3v) is 4.10. The molecule has 0 bridgehead atoms. The predicted octanol–water partition coefficient (Wildman–Crippen LogP) is 3.03. The second-order valence-electron chi connectivity index (χ2n) is 5.57. The van der Waals surface area contributed by atoms with Gasteiger partial charge in [-0.2, -0.15) is 0 Å². The minimum atomic E-state index is 0.579. The van der Waals surface area contributed by atoms with Crippen molar-refractivity contribution in [3.8, 4) is 0 Å². The molecule has 0 radical (unpaired) electrons. The lowest BCUT2D eigenvalue weighted by molar-refractivity contribution is 0.109. The number of nitrogens with one attached hydrogen (secondary N) is 1. The lowest BCUT2D eigenvalue weighted by Gasteiger charge is -2.21. The first-order chi connectivity index (χ1) is 9.38. The molecule has 1 aliphatic heterocycles. The lowest BCUT2D eigenvalue weighted by Crippen LogP contribution is -2.19. The van der Waals surface area contributed by atoms with Gasteiger partial charge in [-0.25, -0.2) is 9.97 Å². The third kappa shape index (κ3) is 2.73. The summed E-state index contributed by atoms with van der Waals surface area (Å²) in [6, 6.07) is 0. The zero-order chi connectivity index (χ0) is 13.1. The maximum Gasteiger partial charge on any atom is 0.135 e. The highest BCUT2D eigenvalue weighted by molar-refractivity contribution is 5.47. The van der Waals surface area contributed by atoms with E-state index in [0.29, 0.717) is 12.5 Å². The van der Waals surface area contributed by atoms with Crippen LogP contribution in [0.5, 0.6) is 0 Å². The maximum atomic E-state index is 5.56. The van der Waals surface area contributed by atoms with Crippen LogP contribution in [0.25, 0.3) is 0 Å². The summed E-state index contributed by atoms with van der Waals surface area (Å²) in [5.41, 5.74) is 2.39. The van der Waals surface area contributed by atoms with Crippen molar-refractivity contribution in [2.75, 3.05) is 18.5 Å². The second kappa shape index (κ2) is 5.87. The van der Waals surface area contributed by atoms with Crippen molar-refractivity contribution in [1.82, 2.24) is 9.97 Å². The molecule has 2 heterocycles. The molecule has 0 aromatic carbocycles. The van der Waals surface area contributed by atoms with E-state index in [1.165, 1.54) is 36.9 Å². The molecule has 19 heavy (non-hydrogen) atoms. The number of nitrogens with zero attached hydrogens (tertiary/aromatic N) is 2. The molecule has 4 heteroatoms. The van der Waals surface area contributed by atoms with Gasteiger partial charge < -0.3 is 10.1 Å².